The number of likely N-dealkylation sites (N-methyl/N-ethyl adjacent to an activating group) is 1. The molecule has 4 heteroatoms. The summed E-state index contributed by atoms with van der Waals surface area (Å²) >= 11 is 0. The molecule has 0 radical (unpaired) electrons. The van der Waals surface area contributed by atoms with Gasteiger partial charge in [-0.25, -0.2) is 4.79 Å². The fourth-order valence-electron chi connectivity index (χ4n) is 1.73. The Morgan fingerprint density at radius 2 is 1.94 bits per heavy atom. The fraction of sp³-hybridized carbons (Fsp3) is 0.385. The fourth-order valence-corrected chi connectivity index (χ4v) is 1.73. The molecule has 1 aromatic carbocycles. The highest BCUT2D eigenvalue weighted by molar-refractivity contribution is 5.78. The SMILES string of the molecule is CCc1ccc(C(C(=O)O)N(C=O)CC)cc1. The lowest BCUT2D eigenvalue weighted by molar-refractivity contribution is -0.146. The molecule has 1 aromatic rings. The molecule has 17 heavy (non-hydrogen) atoms. The number of carbonyl (C=O) groups is 2. The van der Waals surface area contributed by atoms with Crippen LogP contribution in [0.5, 0.6) is 0 Å². The second-order valence-corrected chi connectivity index (χ2v) is 3.77. The van der Waals surface area contributed by atoms with Crippen molar-refractivity contribution in [3.63, 3.8) is 0 Å². The average molecular weight is 235 g/mol. The molecule has 0 saturated heterocycles. The van der Waals surface area contributed by atoms with Gasteiger partial charge in [0.2, 0.25) is 6.41 Å². The summed E-state index contributed by atoms with van der Waals surface area (Å²) in [6.07, 6.45) is 1.48. The number of amides is 1. The van der Waals surface area contributed by atoms with Gasteiger partial charge in [0, 0.05) is 6.54 Å². The van der Waals surface area contributed by atoms with Crippen molar-refractivity contribution in [2.75, 3.05) is 6.54 Å². The van der Waals surface area contributed by atoms with Crippen molar-refractivity contribution in [3.8, 4) is 0 Å². The number of hydrogen-bond acceptors (Lipinski definition) is 2. The summed E-state index contributed by atoms with van der Waals surface area (Å²) in [7, 11) is 0. The number of carboxylic acid groups (broad SMARTS) is 1. The zero-order chi connectivity index (χ0) is 12.8. The van der Waals surface area contributed by atoms with Crippen molar-refractivity contribution in [1.82, 2.24) is 4.90 Å². The van der Waals surface area contributed by atoms with Crippen molar-refractivity contribution in [3.05, 3.63) is 35.4 Å². The number of carboxylic acids is 1. The van der Waals surface area contributed by atoms with Crippen molar-refractivity contribution >= 4 is 12.4 Å². The van der Waals surface area contributed by atoms with E-state index in [-0.39, 0.29) is 0 Å². The molecule has 0 spiro atoms. The average Bonchev–Trinajstić information content (AvgIpc) is 2.35. The Kier molecular flexibility index (Phi) is 4.69. The van der Waals surface area contributed by atoms with E-state index in [0.29, 0.717) is 18.5 Å². The van der Waals surface area contributed by atoms with Crippen LogP contribution in [0.1, 0.15) is 31.0 Å². The monoisotopic (exact) mass is 235 g/mol. The summed E-state index contributed by atoms with van der Waals surface area (Å²) in [5, 5.41) is 9.19. The molecular formula is C13H17NO3. The van der Waals surface area contributed by atoms with Gasteiger partial charge in [0.1, 0.15) is 0 Å². The summed E-state index contributed by atoms with van der Waals surface area (Å²) in [4.78, 5) is 23.3. The van der Waals surface area contributed by atoms with E-state index in [9.17, 15) is 14.7 Å². The molecule has 1 N–H and O–H groups in total. The smallest absolute Gasteiger partial charge is 0.331 e. The Labute approximate surface area is 101 Å². The van der Waals surface area contributed by atoms with E-state index in [1.165, 1.54) is 4.90 Å². The summed E-state index contributed by atoms with van der Waals surface area (Å²) < 4.78 is 0. The predicted octanol–water partition coefficient (Wildman–Crippen LogP) is 1.85. The van der Waals surface area contributed by atoms with Crippen LogP contribution in [0.4, 0.5) is 0 Å². The van der Waals surface area contributed by atoms with Gasteiger partial charge in [-0.15, -0.1) is 0 Å². The van der Waals surface area contributed by atoms with E-state index in [4.69, 9.17) is 0 Å². The third kappa shape index (κ3) is 3.06. The van der Waals surface area contributed by atoms with Crippen molar-refractivity contribution in [1.29, 1.82) is 0 Å². The van der Waals surface area contributed by atoms with E-state index >= 15 is 0 Å². The van der Waals surface area contributed by atoms with Gasteiger partial charge in [0.05, 0.1) is 0 Å². The molecule has 0 saturated carbocycles. The molecule has 1 atom stereocenters. The minimum Gasteiger partial charge on any atom is -0.479 e. The van der Waals surface area contributed by atoms with Crippen LogP contribution in [0.2, 0.25) is 0 Å². The minimum absolute atomic E-state index is 0.371. The third-order valence-corrected chi connectivity index (χ3v) is 2.77. The third-order valence-electron chi connectivity index (χ3n) is 2.77. The van der Waals surface area contributed by atoms with Gasteiger partial charge in [0.15, 0.2) is 6.04 Å². The quantitative estimate of drug-likeness (QED) is 0.765. The molecule has 1 amide bonds. The first-order chi connectivity index (χ1) is 8.13. The molecule has 0 bridgehead atoms. The van der Waals surface area contributed by atoms with Crippen molar-refractivity contribution in [2.45, 2.75) is 26.3 Å². The molecular weight excluding hydrogens is 218 g/mol. The zero-order valence-corrected chi connectivity index (χ0v) is 10.1. The lowest BCUT2D eigenvalue weighted by atomic mass is 10.0. The topological polar surface area (TPSA) is 57.6 Å². The number of aryl methyl sites for hydroxylation is 1. The first-order valence-corrected chi connectivity index (χ1v) is 5.66. The molecule has 1 unspecified atom stereocenters. The Morgan fingerprint density at radius 3 is 2.29 bits per heavy atom. The molecule has 0 fully saturated rings. The number of rotatable bonds is 6. The Balaban J connectivity index is 3.04. The molecule has 0 heterocycles. The second-order valence-electron chi connectivity index (χ2n) is 3.77. The largest absolute Gasteiger partial charge is 0.479 e. The zero-order valence-electron chi connectivity index (χ0n) is 10.1. The van der Waals surface area contributed by atoms with E-state index in [0.717, 1.165) is 12.0 Å². The van der Waals surface area contributed by atoms with E-state index < -0.39 is 12.0 Å². The number of aliphatic carboxylic acids is 1. The van der Waals surface area contributed by atoms with E-state index in [1.807, 2.05) is 19.1 Å². The highest BCUT2D eigenvalue weighted by Crippen LogP contribution is 2.20. The van der Waals surface area contributed by atoms with Crippen LogP contribution in [-0.2, 0) is 16.0 Å². The van der Waals surface area contributed by atoms with Crippen LogP contribution in [0.3, 0.4) is 0 Å². The number of hydrogen-bond donors (Lipinski definition) is 1. The van der Waals surface area contributed by atoms with Gasteiger partial charge in [-0.05, 0) is 24.5 Å². The lowest BCUT2D eigenvalue weighted by Gasteiger charge is -2.23. The molecule has 0 aliphatic heterocycles. The standard InChI is InChI=1S/C13H17NO3/c1-3-10-5-7-11(8-6-10)12(13(16)17)14(4-2)9-15/h5-9,12H,3-4H2,1-2H3,(H,16,17). The Bertz CT molecular complexity index is 386. The van der Waals surface area contributed by atoms with Crippen LogP contribution in [0, 0.1) is 0 Å². The first kappa shape index (κ1) is 13.2. The lowest BCUT2D eigenvalue weighted by Crippen LogP contribution is -2.32. The molecule has 92 valence electrons. The van der Waals surface area contributed by atoms with Gasteiger partial charge in [-0.3, -0.25) is 4.79 Å². The Morgan fingerprint density at radius 1 is 1.35 bits per heavy atom. The number of carbonyl (C=O) groups excluding carboxylic acids is 1. The van der Waals surface area contributed by atoms with Crippen molar-refractivity contribution < 1.29 is 14.7 Å². The van der Waals surface area contributed by atoms with Gasteiger partial charge in [-0.1, -0.05) is 31.2 Å². The summed E-state index contributed by atoms with van der Waals surface area (Å²) in [6, 6.07) is 6.42. The summed E-state index contributed by atoms with van der Waals surface area (Å²) in [5.74, 6) is -1.01. The Hall–Kier alpha value is -1.84. The molecule has 0 aromatic heterocycles. The number of nitrogens with zero attached hydrogens (tertiary/aromatic N) is 1. The van der Waals surface area contributed by atoms with Crippen LogP contribution < -0.4 is 0 Å². The van der Waals surface area contributed by atoms with Gasteiger partial charge < -0.3 is 10.0 Å². The van der Waals surface area contributed by atoms with E-state index in [1.54, 1.807) is 19.1 Å². The van der Waals surface area contributed by atoms with E-state index in [2.05, 4.69) is 0 Å². The molecule has 1 rings (SSSR count). The maximum absolute atomic E-state index is 11.2. The maximum Gasteiger partial charge on any atom is 0.331 e. The minimum atomic E-state index is -1.01. The molecule has 0 aliphatic rings. The maximum atomic E-state index is 11.2. The molecule has 0 aliphatic carbocycles. The van der Waals surface area contributed by atoms with Crippen molar-refractivity contribution in [2.24, 2.45) is 0 Å². The van der Waals surface area contributed by atoms with Crippen LogP contribution in [0.15, 0.2) is 24.3 Å². The normalized spacial score (nSPS) is 11.9. The van der Waals surface area contributed by atoms with Crippen LogP contribution in [-0.4, -0.2) is 28.9 Å². The van der Waals surface area contributed by atoms with Gasteiger partial charge >= 0.3 is 5.97 Å². The predicted molar refractivity (Wildman–Crippen MR) is 64.6 cm³/mol. The number of benzene rings is 1. The second kappa shape index (κ2) is 6.03. The highest BCUT2D eigenvalue weighted by Gasteiger charge is 2.25. The summed E-state index contributed by atoms with van der Waals surface area (Å²) in [5.41, 5.74) is 1.77. The first-order valence-electron chi connectivity index (χ1n) is 5.66. The van der Waals surface area contributed by atoms with Gasteiger partial charge in [0.25, 0.3) is 0 Å². The van der Waals surface area contributed by atoms with Gasteiger partial charge in [-0.2, -0.15) is 0 Å². The van der Waals surface area contributed by atoms with Crippen LogP contribution >= 0.6 is 0 Å². The molecule has 4 nitrogen and oxygen atoms in total. The summed E-state index contributed by atoms with van der Waals surface area (Å²) in [6.45, 7) is 4.16. The highest BCUT2D eigenvalue weighted by atomic mass is 16.4. The van der Waals surface area contributed by atoms with Crippen LogP contribution in [0.25, 0.3) is 0 Å².